The van der Waals surface area contributed by atoms with E-state index in [0.717, 1.165) is 0 Å². The Bertz CT molecular complexity index is 1210. The zero-order valence-electron chi connectivity index (χ0n) is 17.4. The van der Waals surface area contributed by atoms with Crippen molar-refractivity contribution in [3.8, 4) is 35.1 Å². The van der Waals surface area contributed by atoms with E-state index in [2.05, 4.69) is 4.98 Å². The Morgan fingerprint density at radius 3 is 2.31 bits per heavy atom. The largest absolute Gasteiger partial charge is 0.497 e. The van der Waals surface area contributed by atoms with E-state index in [1.165, 1.54) is 44.4 Å². The van der Waals surface area contributed by atoms with Crippen LogP contribution in [-0.4, -0.2) is 24.7 Å². The van der Waals surface area contributed by atoms with E-state index in [-0.39, 0.29) is 35.0 Å². The fraction of sp³-hybridized carbons (Fsp3) is 0.174. The van der Waals surface area contributed by atoms with Crippen LogP contribution in [0.15, 0.2) is 42.5 Å². The predicted octanol–water partition coefficient (Wildman–Crippen LogP) is 5.31. The lowest BCUT2D eigenvalue weighted by Gasteiger charge is -2.13. The van der Waals surface area contributed by atoms with Gasteiger partial charge in [0.15, 0.2) is 11.6 Å². The Hall–Kier alpha value is -4.19. The number of halogens is 2. The summed E-state index contributed by atoms with van der Waals surface area (Å²) in [5.41, 5.74) is 0.0290. The Morgan fingerprint density at radius 1 is 1.03 bits per heavy atom. The molecule has 9 heteroatoms. The number of benzene rings is 2. The van der Waals surface area contributed by atoms with E-state index < -0.39 is 29.4 Å². The number of aromatic nitrogens is 1. The Morgan fingerprint density at radius 2 is 1.69 bits per heavy atom. The van der Waals surface area contributed by atoms with Crippen molar-refractivity contribution in [1.29, 1.82) is 5.26 Å². The molecule has 3 aromatic rings. The van der Waals surface area contributed by atoms with E-state index in [1.807, 2.05) is 6.07 Å². The lowest BCUT2D eigenvalue weighted by Crippen LogP contribution is -2.06. The van der Waals surface area contributed by atoms with Crippen molar-refractivity contribution >= 4 is 5.97 Å². The van der Waals surface area contributed by atoms with Crippen molar-refractivity contribution < 1.29 is 32.5 Å². The third-order valence-corrected chi connectivity index (χ3v) is 4.26. The fourth-order valence-corrected chi connectivity index (χ4v) is 2.68. The summed E-state index contributed by atoms with van der Waals surface area (Å²) in [4.78, 5) is 15.9. The summed E-state index contributed by atoms with van der Waals surface area (Å²) in [5, 5.41) is 9.00. The second-order valence-corrected chi connectivity index (χ2v) is 6.44. The van der Waals surface area contributed by atoms with Gasteiger partial charge in [0.2, 0.25) is 0 Å². The van der Waals surface area contributed by atoms with Crippen LogP contribution in [-0.2, 0) is 4.74 Å². The van der Waals surface area contributed by atoms with Crippen LogP contribution >= 0.6 is 0 Å². The first-order chi connectivity index (χ1) is 15.4. The van der Waals surface area contributed by atoms with Gasteiger partial charge in [0.25, 0.3) is 11.8 Å². The first kappa shape index (κ1) is 22.5. The lowest BCUT2D eigenvalue weighted by atomic mass is 10.2. The van der Waals surface area contributed by atoms with Gasteiger partial charge in [0, 0.05) is 11.6 Å². The molecule has 0 unspecified atom stereocenters. The molecule has 0 bridgehead atoms. The Labute approximate surface area is 182 Å². The molecule has 1 heterocycles. The zero-order chi connectivity index (χ0) is 23.3. The number of pyridine rings is 1. The van der Waals surface area contributed by atoms with Crippen molar-refractivity contribution in [1.82, 2.24) is 4.98 Å². The monoisotopic (exact) mass is 440 g/mol. The van der Waals surface area contributed by atoms with Crippen LogP contribution in [0.3, 0.4) is 0 Å². The first-order valence-corrected chi connectivity index (χ1v) is 9.44. The molecule has 0 N–H and O–H groups in total. The number of nitriles is 1. The molecule has 0 radical (unpaired) electrons. The second kappa shape index (κ2) is 9.75. The smallest absolute Gasteiger partial charge is 0.338 e. The number of esters is 1. The fourth-order valence-electron chi connectivity index (χ4n) is 2.68. The van der Waals surface area contributed by atoms with Gasteiger partial charge in [-0.15, -0.1) is 0 Å². The number of carbonyl (C=O) groups excluding carboxylic acids is 1. The zero-order valence-corrected chi connectivity index (χ0v) is 17.4. The molecule has 0 aliphatic heterocycles. The van der Waals surface area contributed by atoms with Gasteiger partial charge in [-0.05, 0) is 44.2 Å². The highest BCUT2D eigenvalue weighted by molar-refractivity contribution is 5.90. The molecule has 32 heavy (non-hydrogen) atoms. The van der Waals surface area contributed by atoms with Crippen LogP contribution in [0.4, 0.5) is 8.78 Å². The molecule has 0 spiro atoms. The van der Waals surface area contributed by atoms with Crippen molar-refractivity contribution in [2.75, 3.05) is 13.7 Å². The molecule has 7 nitrogen and oxygen atoms in total. The number of nitrogens with zero attached hydrogens (tertiary/aromatic N) is 2. The standard InChI is InChI=1S/C23H18F2N2O5/c1-4-30-23(28)15-9-17(29-3)11-18(10-15)32-22-20(25)13(2)19(24)21(27-22)31-16-7-5-6-14(8-16)12-26/h5-11H,4H2,1-3H3. The average molecular weight is 440 g/mol. The van der Waals surface area contributed by atoms with Crippen LogP contribution in [0.1, 0.15) is 28.4 Å². The molecule has 0 fully saturated rings. The number of hydrogen-bond acceptors (Lipinski definition) is 7. The van der Waals surface area contributed by atoms with E-state index in [0.29, 0.717) is 5.56 Å². The van der Waals surface area contributed by atoms with E-state index in [9.17, 15) is 13.6 Å². The summed E-state index contributed by atoms with van der Waals surface area (Å²) < 4.78 is 50.3. The Kier molecular flexibility index (Phi) is 6.85. The molecule has 164 valence electrons. The predicted molar refractivity (Wildman–Crippen MR) is 109 cm³/mol. The van der Waals surface area contributed by atoms with Crippen molar-refractivity contribution in [3.63, 3.8) is 0 Å². The highest BCUT2D eigenvalue weighted by atomic mass is 19.1. The molecular weight excluding hydrogens is 422 g/mol. The minimum atomic E-state index is -1.04. The third-order valence-electron chi connectivity index (χ3n) is 4.26. The normalized spacial score (nSPS) is 10.2. The highest BCUT2D eigenvalue weighted by Gasteiger charge is 2.22. The lowest BCUT2D eigenvalue weighted by molar-refractivity contribution is 0.0525. The number of methoxy groups -OCH3 is 1. The first-order valence-electron chi connectivity index (χ1n) is 9.44. The molecule has 2 aromatic carbocycles. The number of rotatable bonds is 7. The summed E-state index contributed by atoms with van der Waals surface area (Å²) >= 11 is 0. The molecule has 0 aliphatic carbocycles. The summed E-state index contributed by atoms with van der Waals surface area (Å²) in [6.45, 7) is 3.02. The van der Waals surface area contributed by atoms with Gasteiger partial charge in [-0.1, -0.05) is 6.07 Å². The Balaban J connectivity index is 1.99. The topological polar surface area (TPSA) is 90.7 Å². The molecule has 3 rings (SSSR count). The average Bonchev–Trinajstić information content (AvgIpc) is 2.80. The summed E-state index contributed by atoms with van der Waals surface area (Å²) in [6, 6.07) is 12.1. The van der Waals surface area contributed by atoms with Crippen molar-refractivity contribution in [3.05, 3.63) is 70.8 Å². The van der Waals surface area contributed by atoms with Gasteiger partial charge in [-0.3, -0.25) is 0 Å². The molecule has 0 atom stereocenters. The van der Waals surface area contributed by atoms with Crippen molar-refractivity contribution in [2.45, 2.75) is 13.8 Å². The van der Waals surface area contributed by atoms with Gasteiger partial charge < -0.3 is 18.9 Å². The molecule has 1 aromatic heterocycles. The van der Waals surface area contributed by atoms with Crippen molar-refractivity contribution in [2.24, 2.45) is 0 Å². The highest BCUT2D eigenvalue weighted by Crippen LogP contribution is 2.34. The van der Waals surface area contributed by atoms with Gasteiger partial charge >= 0.3 is 5.97 Å². The summed E-state index contributed by atoms with van der Waals surface area (Å²) in [6.07, 6.45) is 0. The van der Waals surface area contributed by atoms with Gasteiger partial charge in [-0.25, -0.2) is 13.6 Å². The molecule has 0 saturated carbocycles. The minimum absolute atomic E-state index is 0.0160. The maximum Gasteiger partial charge on any atom is 0.338 e. The SMILES string of the molecule is CCOC(=O)c1cc(OC)cc(Oc2nc(Oc3cccc(C#N)c3)c(F)c(C)c2F)c1. The minimum Gasteiger partial charge on any atom is -0.497 e. The van der Waals surface area contributed by atoms with Crippen LogP contribution in [0.25, 0.3) is 0 Å². The number of hydrogen-bond donors (Lipinski definition) is 0. The molecule has 0 aliphatic rings. The quantitative estimate of drug-likeness (QED) is 0.460. The molecule has 0 saturated heterocycles. The maximum absolute atomic E-state index is 14.7. The summed E-state index contributed by atoms with van der Waals surface area (Å²) in [7, 11) is 1.39. The number of carbonyl (C=O) groups is 1. The maximum atomic E-state index is 14.7. The van der Waals surface area contributed by atoms with Crippen LogP contribution in [0.2, 0.25) is 0 Å². The molecular formula is C23H18F2N2O5. The van der Waals surface area contributed by atoms with Crippen LogP contribution in [0.5, 0.6) is 29.0 Å². The second-order valence-electron chi connectivity index (χ2n) is 6.44. The number of ether oxygens (including phenoxy) is 4. The van der Waals surface area contributed by atoms with E-state index in [4.69, 9.17) is 24.2 Å². The van der Waals surface area contributed by atoms with E-state index in [1.54, 1.807) is 19.1 Å². The third kappa shape index (κ3) is 4.92. The van der Waals surface area contributed by atoms with E-state index >= 15 is 0 Å². The summed E-state index contributed by atoms with van der Waals surface area (Å²) in [5.74, 6) is -3.38. The van der Waals surface area contributed by atoms with Gasteiger partial charge in [0.05, 0.1) is 30.9 Å². The van der Waals surface area contributed by atoms with Crippen LogP contribution < -0.4 is 14.2 Å². The molecule has 0 amide bonds. The van der Waals surface area contributed by atoms with Gasteiger partial charge in [-0.2, -0.15) is 10.2 Å². The van der Waals surface area contributed by atoms with Crippen LogP contribution in [0, 0.1) is 29.9 Å². The van der Waals surface area contributed by atoms with Gasteiger partial charge in [0.1, 0.15) is 17.2 Å².